The van der Waals surface area contributed by atoms with E-state index < -0.39 is 10.0 Å². The number of hydrogen-bond donors (Lipinski definition) is 1. The maximum atomic E-state index is 13.1. The average Bonchev–Trinajstić information content (AvgIpc) is 3.49. The van der Waals surface area contributed by atoms with E-state index in [0.29, 0.717) is 6.42 Å². The fourth-order valence-electron chi connectivity index (χ4n) is 4.77. The lowest BCUT2D eigenvalue weighted by molar-refractivity contribution is -0.120. The number of benzene rings is 2. The summed E-state index contributed by atoms with van der Waals surface area (Å²) in [6, 6.07) is 13.2. The Balaban J connectivity index is 1.42. The lowest BCUT2D eigenvalue weighted by Gasteiger charge is -2.26. The lowest BCUT2D eigenvalue weighted by atomic mass is 9.88. The Bertz CT molecular complexity index is 1080. The molecule has 152 valence electrons. The Morgan fingerprint density at radius 2 is 1.86 bits per heavy atom. The second-order valence-corrected chi connectivity index (χ2v) is 10.3. The van der Waals surface area contributed by atoms with Crippen molar-refractivity contribution in [2.45, 2.75) is 62.4 Å². The number of rotatable bonds is 4. The van der Waals surface area contributed by atoms with Crippen LogP contribution in [0.3, 0.4) is 0 Å². The molecule has 0 radical (unpaired) electrons. The highest BCUT2D eigenvalue weighted by Gasteiger charge is 2.40. The molecular formula is C23H26N2O3S. The van der Waals surface area contributed by atoms with Crippen LogP contribution < -0.4 is 9.62 Å². The maximum Gasteiger partial charge on any atom is 0.241 e. The van der Waals surface area contributed by atoms with Gasteiger partial charge in [0.15, 0.2) is 0 Å². The molecule has 1 aliphatic heterocycles. The molecule has 2 aliphatic carbocycles. The molecule has 2 atom stereocenters. The summed E-state index contributed by atoms with van der Waals surface area (Å²) in [5, 5.41) is 0. The third-order valence-electron chi connectivity index (χ3n) is 6.41. The van der Waals surface area contributed by atoms with E-state index in [2.05, 4.69) is 10.8 Å². The number of hydrogen-bond acceptors (Lipinski definition) is 3. The van der Waals surface area contributed by atoms with E-state index in [4.69, 9.17) is 0 Å². The topological polar surface area (TPSA) is 66.5 Å². The van der Waals surface area contributed by atoms with Gasteiger partial charge in [0.05, 0.1) is 4.90 Å². The second-order valence-electron chi connectivity index (χ2n) is 8.59. The van der Waals surface area contributed by atoms with E-state index in [-0.39, 0.29) is 28.8 Å². The minimum absolute atomic E-state index is 0.0780. The van der Waals surface area contributed by atoms with Crippen molar-refractivity contribution in [2.75, 3.05) is 4.90 Å². The molecule has 0 saturated heterocycles. The van der Waals surface area contributed by atoms with Crippen molar-refractivity contribution in [3.63, 3.8) is 0 Å². The number of nitrogens with one attached hydrogen (secondary N) is 1. The van der Waals surface area contributed by atoms with Crippen LogP contribution >= 0.6 is 0 Å². The SMILES string of the molecule is C[C@@H]1Cc2cc(S(=O)(=O)N[C@@H]3CCCc4ccccc43)ccc2N1C(=O)C1CC1. The Hall–Kier alpha value is -2.18. The van der Waals surface area contributed by atoms with Gasteiger partial charge < -0.3 is 4.90 Å². The van der Waals surface area contributed by atoms with Gasteiger partial charge in [-0.2, -0.15) is 0 Å². The van der Waals surface area contributed by atoms with Crippen LogP contribution in [0.5, 0.6) is 0 Å². The van der Waals surface area contributed by atoms with Crippen LogP contribution in [0, 0.1) is 5.92 Å². The average molecular weight is 411 g/mol. The number of amides is 1. The normalized spacial score (nSPS) is 23.6. The zero-order valence-electron chi connectivity index (χ0n) is 16.6. The molecule has 0 unspecified atom stereocenters. The van der Waals surface area contributed by atoms with Crippen molar-refractivity contribution in [1.82, 2.24) is 4.72 Å². The first-order chi connectivity index (χ1) is 13.9. The molecular weight excluding hydrogens is 384 g/mol. The summed E-state index contributed by atoms with van der Waals surface area (Å²) in [7, 11) is -3.64. The smallest absolute Gasteiger partial charge is 0.241 e. The molecule has 5 rings (SSSR count). The largest absolute Gasteiger partial charge is 0.309 e. The highest BCUT2D eigenvalue weighted by atomic mass is 32.2. The zero-order chi connectivity index (χ0) is 20.2. The van der Waals surface area contributed by atoms with E-state index in [1.54, 1.807) is 12.1 Å². The van der Waals surface area contributed by atoms with Gasteiger partial charge in [0.25, 0.3) is 0 Å². The van der Waals surface area contributed by atoms with E-state index in [0.717, 1.165) is 48.9 Å². The van der Waals surface area contributed by atoms with Gasteiger partial charge in [-0.1, -0.05) is 24.3 Å². The van der Waals surface area contributed by atoms with Crippen LogP contribution in [0.2, 0.25) is 0 Å². The minimum Gasteiger partial charge on any atom is -0.309 e. The summed E-state index contributed by atoms with van der Waals surface area (Å²) in [6.45, 7) is 2.03. The standard InChI is InChI=1S/C23H26N2O3S/c1-15-13-18-14-19(11-12-22(18)25(15)23(26)17-9-10-17)29(27,28)24-21-8-4-6-16-5-2-3-7-20(16)21/h2-3,5,7,11-12,14-15,17,21,24H,4,6,8-10,13H2,1H3/t15-,21-/m1/s1. The number of carbonyl (C=O) groups excluding carboxylic acids is 1. The maximum absolute atomic E-state index is 13.1. The van der Waals surface area contributed by atoms with E-state index in [9.17, 15) is 13.2 Å². The van der Waals surface area contributed by atoms with Crippen molar-refractivity contribution >= 4 is 21.6 Å². The Morgan fingerprint density at radius 3 is 2.66 bits per heavy atom. The van der Waals surface area contributed by atoms with Crippen molar-refractivity contribution < 1.29 is 13.2 Å². The Kier molecular flexibility index (Phi) is 4.51. The quantitative estimate of drug-likeness (QED) is 0.835. The fraction of sp³-hybridized carbons (Fsp3) is 0.435. The first-order valence-corrected chi connectivity index (χ1v) is 12.0. The molecule has 1 N–H and O–H groups in total. The van der Waals surface area contributed by atoms with E-state index in [1.165, 1.54) is 5.56 Å². The molecule has 3 aliphatic rings. The summed E-state index contributed by atoms with van der Waals surface area (Å²) in [5.41, 5.74) is 4.12. The lowest BCUT2D eigenvalue weighted by Crippen LogP contribution is -2.36. The van der Waals surface area contributed by atoms with Gasteiger partial charge in [-0.15, -0.1) is 0 Å². The molecule has 2 aromatic carbocycles. The molecule has 6 heteroatoms. The summed E-state index contributed by atoms with van der Waals surface area (Å²) in [5.74, 6) is 0.337. The highest BCUT2D eigenvalue weighted by Crippen LogP contribution is 2.40. The molecule has 5 nitrogen and oxygen atoms in total. The molecule has 0 bridgehead atoms. The molecule has 1 saturated carbocycles. The Morgan fingerprint density at radius 1 is 1.07 bits per heavy atom. The molecule has 0 aromatic heterocycles. The fourth-order valence-corrected chi connectivity index (χ4v) is 6.07. The summed E-state index contributed by atoms with van der Waals surface area (Å²) in [4.78, 5) is 14.8. The summed E-state index contributed by atoms with van der Waals surface area (Å²) in [6.07, 6.45) is 5.42. The third-order valence-corrected chi connectivity index (χ3v) is 7.88. The number of anilines is 1. The predicted octanol–water partition coefficient (Wildman–Crippen LogP) is 3.73. The molecule has 1 fully saturated rings. The number of aryl methyl sites for hydroxylation is 1. The van der Waals surface area contributed by atoms with Gasteiger partial charge in [-0.3, -0.25) is 4.79 Å². The van der Waals surface area contributed by atoms with Crippen molar-refractivity contribution in [3.05, 3.63) is 59.2 Å². The van der Waals surface area contributed by atoms with Gasteiger partial charge in [0, 0.05) is 23.7 Å². The highest BCUT2D eigenvalue weighted by molar-refractivity contribution is 7.89. The zero-order valence-corrected chi connectivity index (χ0v) is 17.4. The first kappa shape index (κ1) is 18.8. The van der Waals surface area contributed by atoms with Gasteiger partial charge in [-0.05, 0) is 80.3 Å². The third kappa shape index (κ3) is 3.38. The van der Waals surface area contributed by atoms with Crippen LogP contribution in [0.4, 0.5) is 5.69 Å². The van der Waals surface area contributed by atoms with Gasteiger partial charge in [0.2, 0.25) is 15.9 Å². The Labute approximate surface area is 172 Å². The van der Waals surface area contributed by atoms with Crippen LogP contribution in [-0.2, 0) is 27.7 Å². The molecule has 2 aromatic rings. The number of fused-ring (bicyclic) bond motifs is 2. The molecule has 29 heavy (non-hydrogen) atoms. The van der Waals surface area contributed by atoms with Gasteiger partial charge >= 0.3 is 0 Å². The summed E-state index contributed by atoms with van der Waals surface area (Å²) >= 11 is 0. The van der Waals surface area contributed by atoms with Gasteiger partial charge in [0.1, 0.15) is 0 Å². The first-order valence-electron chi connectivity index (χ1n) is 10.5. The van der Waals surface area contributed by atoms with Gasteiger partial charge in [-0.25, -0.2) is 13.1 Å². The molecule has 0 spiro atoms. The number of carbonyl (C=O) groups is 1. The van der Waals surface area contributed by atoms with Crippen LogP contribution in [0.25, 0.3) is 0 Å². The predicted molar refractivity (Wildman–Crippen MR) is 112 cm³/mol. The molecule has 1 heterocycles. The van der Waals surface area contributed by atoms with Crippen LogP contribution in [0.15, 0.2) is 47.4 Å². The van der Waals surface area contributed by atoms with Crippen molar-refractivity contribution in [1.29, 1.82) is 0 Å². The number of nitrogens with zero attached hydrogens (tertiary/aromatic N) is 1. The van der Waals surface area contributed by atoms with Crippen LogP contribution in [-0.4, -0.2) is 20.4 Å². The van der Waals surface area contributed by atoms with Crippen LogP contribution in [0.1, 0.15) is 55.3 Å². The monoisotopic (exact) mass is 410 g/mol. The summed E-state index contributed by atoms with van der Waals surface area (Å²) < 4.78 is 29.2. The second kappa shape index (κ2) is 6.96. The number of sulfonamides is 1. The van der Waals surface area contributed by atoms with E-state index in [1.807, 2.05) is 36.1 Å². The minimum atomic E-state index is -3.64. The molecule has 1 amide bonds. The van der Waals surface area contributed by atoms with Crippen molar-refractivity contribution in [2.24, 2.45) is 5.92 Å². The van der Waals surface area contributed by atoms with E-state index >= 15 is 0 Å². The van der Waals surface area contributed by atoms with Crippen molar-refractivity contribution in [3.8, 4) is 0 Å².